The minimum absolute atomic E-state index is 0.00424. The Hall–Kier alpha value is 0.369. The molecule has 2 nitrogen and oxygen atoms in total. The van der Waals surface area contributed by atoms with Gasteiger partial charge in [0.05, 0.1) is 0 Å². The van der Waals surface area contributed by atoms with Gasteiger partial charge in [0.25, 0.3) is 0 Å². The maximum atomic E-state index is 7.95. The van der Waals surface area contributed by atoms with Crippen molar-refractivity contribution in [3.05, 3.63) is 0 Å². The van der Waals surface area contributed by atoms with E-state index in [1.807, 2.05) is 9.94 Å². The molecule has 36 valence electrons. The Bertz CT molecular complexity index is 97.8. The number of nitrogens with zero attached hydrogens (tertiary/aromatic N) is 2. The van der Waals surface area contributed by atoms with Gasteiger partial charge in [0.1, 0.15) is 0 Å². The molecule has 0 aliphatic carbocycles. The van der Waals surface area contributed by atoms with Gasteiger partial charge in [-0.05, 0) is 0 Å². The molecular formula is C2N2SSe2. The average molecular weight is 242 g/mol. The molecule has 0 atom stereocenters. The van der Waals surface area contributed by atoms with Crippen molar-refractivity contribution in [2.24, 2.45) is 0 Å². The van der Waals surface area contributed by atoms with Crippen molar-refractivity contribution >= 4 is 36.3 Å². The second-order valence-corrected chi connectivity index (χ2v) is 9.06. The van der Waals surface area contributed by atoms with Crippen molar-refractivity contribution < 1.29 is 0 Å². The summed E-state index contributed by atoms with van der Waals surface area (Å²) in [4.78, 5) is 3.98. The average Bonchev–Trinajstić information content (AvgIpc) is 1.69. The van der Waals surface area contributed by atoms with Crippen LogP contribution in [0.3, 0.4) is 0 Å². The van der Waals surface area contributed by atoms with E-state index in [2.05, 4.69) is 0 Å². The number of hydrogen-bond donors (Lipinski definition) is 0. The molecule has 0 heterocycles. The van der Waals surface area contributed by atoms with Crippen molar-refractivity contribution in [2.45, 2.75) is 0 Å². The molecule has 0 aromatic carbocycles. The van der Waals surface area contributed by atoms with Gasteiger partial charge in [-0.2, -0.15) is 0 Å². The fourth-order valence-corrected chi connectivity index (χ4v) is 3.84. The Morgan fingerprint density at radius 2 is 1.57 bits per heavy atom. The van der Waals surface area contributed by atoms with Crippen molar-refractivity contribution in [3.63, 3.8) is 0 Å². The van der Waals surface area contributed by atoms with E-state index in [0.29, 0.717) is 0 Å². The Morgan fingerprint density at radius 1 is 1.14 bits per heavy atom. The van der Waals surface area contributed by atoms with Crippen LogP contribution in [0.25, 0.3) is 0 Å². The molecule has 0 aromatic heterocycles. The summed E-state index contributed by atoms with van der Waals surface area (Å²) in [5.74, 6) is 0. The maximum absolute atomic E-state index is 7.95. The minimum atomic E-state index is -0.00424. The molecular weight excluding hydrogens is 242 g/mol. The van der Waals surface area contributed by atoms with E-state index in [1.165, 1.54) is 8.60 Å². The van der Waals surface area contributed by atoms with E-state index in [0.717, 1.165) is 0 Å². The van der Waals surface area contributed by atoms with Crippen LogP contribution in [0.2, 0.25) is 0 Å². The van der Waals surface area contributed by atoms with Crippen molar-refractivity contribution in [1.82, 2.24) is 0 Å². The first-order valence-electron chi connectivity index (χ1n) is 1.19. The van der Waals surface area contributed by atoms with E-state index in [1.54, 1.807) is 0 Å². The summed E-state index contributed by atoms with van der Waals surface area (Å²) in [6, 6.07) is 0. The quantitative estimate of drug-likeness (QED) is 0.502. The summed E-state index contributed by atoms with van der Waals surface area (Å²) in [5.41, 5.74) is 0. The summed E-state index contributed by atoms with van der Waals surface area (Å²) in [5, 5.41) is 15.9. The second-order valence-electron chi connectivity index (χ2n) is 0.417. The molecule has 5 heteroatoms. The molecule has 0 saturated heterocycles. The fourth-order valence-electron chi connectivity index (χ4n) is 0.0474. The Kier molecular flexibility index (Phi) is 6.70. The predicted molar refractivity (Wildman–Crippen MR) is 30.3 cm³/mol. The van der Waals surface area contributed by atoms with E-state index in [9.17, 15) is 0 Å². The van der Waals surface area contributed by atoms with Crippen molar-refractivity contribution in [2.75, 3.05) is 0 Å². The third kappa shape index (κ3) is 6.37. The van der Waals surface area contributed by atoms with Gasteiger partial charge in [-0.15, -0.1) is 0 Å². The molecule has 0 N–H and O–H groups in total. The number of rotatable bonds is 2. The van der Waals surface area contributed by atoms with E-state index in [-0.39, 0.29) is 27.7 Å². The van der Waals surface area contributed by atoms with E-state index in [4.69, 9.17) is 10.5 Å². The monoisotopic (exact) mass is 244 g/mol. The summed E-state index contributed by atoms with van der Waals surface area (Å²) < 4.78 is 0. The molecule has 0 amide bonds. The van der Waals surface area contributed by atoms with Crippen LogP contribution in [0.4, 0.5) is 0 Å². The standard InChI is InChI=1S/C2N2SSe2/c3-1-6-5-7-2-4. The van der Waals surface area contributed by atoms with E-state index >= 15 is 0 Å². The molecule has 7 heavy (non-hydrogen) atoms. The molecule has 0 aliphatic rings. The topological polar surface area (TPSA) is 47.6 Å². The van der Waals surface area contributed by atoms with Crippen LogP contribution in [0, 0.1) is 20.5 Å². The summed E-state index contributed by atoms with van der Waals surface area (Å²) >= 11 is -0.00847. The third-order valence-electron chi connectivity index (χ3n) is 0.143. The summed E-state index contributed by atoms with van der Waals surface area (Å²) in [7, 11) is 1.46. The van der Waals surface area contributed by atoms with Gasteiger partial charge in [0.2, 0.25) is 0 Å². The predicted octanol–water partition coefficient (Wildman–Crippen LogP) is -0.0798. The molecule has 0 bridgehead atoms. The molecule has 0 rings (SSSR count). The molecule has 0 fully saturated rings. The van der Waals surface area contributed by atoms with Crippen LogP contribution in [0.1, 0.15) is 0 Å². The van der Waals surface area contributed by atoms with Gasteiger partial charge >= 0.3 is 56.7 Å². The Labute approximate surface area is 56.7 Å². The van der Waals surface area contributed by atoms with Crippen LogP contribution in [0.5, 0.6) is 0 Å². The van der Waals surface area contributed by atoms with Crippen molar-refractivity contribution in [3.8, 4) is 9.94 Å². The van der Waals surface area contributed by atoms with Crippen LogP contribution in [-0.2, 0) is 0 Å². The molecule has 0 unspecified atom stereocenters. The van der Waals surface area contributed by atoms with E-state index < -0.39 is 0 Å². The van der Waals surface area contributed by atoms with Crippen LogP contribution in [-0.4, -0.2) is 27.7 Å². The summed E-state index contributed by atoms with van der Waals surface area (Å²) in [6.07, 6.45) is 0. The zero-order valence-corrected chi connectivity index (χ0v) is 7.36. The zero-order valence-electron chi connectivity index (χ0n) is 3.12. The molecule has 0 spiro atoms. The van der Waals surface area contributed by atoms with Crippen LogP contribution in [0.15, 0.2) is 0 Å². The van der Waals surface area contributed by atoms with Crippen LogP contribution < -0.4 is 0 Å². The van der Waals surface area contributed by atoms with Crippen LogP contribution >= 0.6 is 8.60 Å². The van der Waals surface area contributed by atoms with Gasteiger partial charge in [-0.1, -0.05) is 0 Å². The normalized spacial score (nSPS) is 6.57. The Morgan fingerprint density at radius 3 is 1.86 bits per heavy atom. The Balaban J connectivity index is 2.77. The number of nitriles is 2. The fraction of sp³-hybridized carbons (Fsp3) is 0. The van der Waals surface area contributed by atoms with Gasteiger partial charge < -0.3 is 0 Å². The molecule has 0 radical (unpaired) electrons. The molecule has 0 saturated carbocycles. The zero-order chi connectivity index (χ0) is 5.54. The van der Waals surface area contributed by atoms with Gasteiger partial charge in [-0.25, -0.2) is 0 Å². The van der Waals surface area contributed by atoms with Crippen molar-refractivity contribution in [1.29, 1.82) is 10.5 Å². The first-order chi connectivity index (χ1) is 3.41. The number of hydrogen-bond acceptors (Lipinski definition) is 3. The van der Waals surface area contributed by atoms with Gasteiger partial charge in [0.15, 0.2) is 0 Å². The molecule has 0 aliphatic heterocycles. The van der Waals surface area contributed by atoms with Gasteiger partial charge in [-0.3, -0.25) is 0 Å². The molecule has 0 aromatic rings. The summed E-state index contributed by atoms with van der Waals surface area (Å²) in [6.45, 7) is 0. The first kappa shape index (κ1) is 7.37. The third-order valence-corrected chi connectivity index (χ3v) is 6.67. The SMILES string of the molecule is N#C[Se]S[Se]C#N. The first-order valence-corrected chi connectivity index (χ1v) is 7.76. The van der Waals surface area contributed by atoms with Gasteiger partial charge in [0, 0.05) is 0 Å². The second kappa shape index (κ2) is 6.37.